The Balaban J connectivity index is 1.37. The van der Waals surface area contributed by atoms with E-state index in [9.17, 15) is 4.39 Å². The van der Waals surface area contributed by atoms with Gasteiger partial charge in [0.1, 0.15) is 17.3 Å². The Bertz CT molecular complexity index is 1570. The van der Waals surface area contributed by atoms with Crippen molar-refractivity contribution in [1.82, 2.24) is 24.5 Å². The van der Waals surface area contributed by atoms with E-state index in [1.54, 1.807) is 0 Å². The maximum absolute atomic E-state index is 14.7. The van der Waals surface area contributed by atoms with Gasteiger partial charge in [0.15, 0.2) is 0 Å². The van der Waals surface area contributed by atoms with Crippen molar-refractivity contribution in [2.45, 2.75) is 13.8 Å². The van der Waals surface area contributed by atoms with Crippen LogP contribution in [0.1, 0.15) is 12.5 Å². The van der Waals surface area contributed by atoms with Gasteiger partial charge in [0.2, 0.25) is 0 Å². The van der Waals surface area contributed by atoms with Gasteiger partial charge in [0, 0.05) is 48.2 Å². The normalized spacial score (nSPS) is 21.5. The molecule has 170 valence electrons. The predicted octanol–water partition coefficient (Wildman–Crippen LogP) is 5.12. The topological polar surface area (TPSA) is 51.8 Å². The van der Waals surface area contributed by atoms with E-state index in [0.717, 1.165) is 75.4 Å². The first-order valence-corrected chi connectivity index (χ1v) is 11.8. The highest BCUT2D eigenvalue weighted by atomic mass is 19.1. The Morgan fingerprint density at radius 1 is 0.971 bits per heavy atom. The summed E-state index contributed by atoms with van der Waals surface area (Å²) in [7, 11) is 1.91. The fourth-order valence-corrected chi connectivity index (χ4v) is 5.80. The van der Waals surface area contributed by atoms with Crippen LogP contribution in [0.2, 0.25) is 0 Å². The number of aryl methyl sites for hydroxylation is 2. The first-order chi connectivity index (χ1) is 16.5. The lowest BCUT2D eigenvalue weighted by molar-refractivity contribution is 0.620. The minimum absolute atomic E-state index is 0.241. The summed E-state index contributed by atoms with van der Waals surface area (Å²) in [6.45, 7) is 6.33. The Morgan fingerprint density at radius 2 is 1.79 bits per heavy atom. The van der Waals surface area contributed by atoms with Gasteiger partial charge in [-0.25, -0.2) is 14.1 Å². The lowest BCUT2D eigenvalue weighted by atomic mass is 10.0. The molecule has 1 saturated heterocycles. The fourth-order valence-electron chi connectivity index (χ4n) is 5.80. The number of hydrogen-bond acceptors (Lipinski definition) is 4. The molecule has 2 aromatic carbocycles. The van der Waals surface area contributed by atoms with E-state index in [1.807, 2.05) is 60.0 Å². The number of rotatable bonds is 3. The lowest BCUT2D eigenvalue weighted by Crippen LogP contribution is -2.24. The van der Waals surface area contributed by atoms with Gasteiger partial charge in [-0.3, -0.25) is 4.68 Å². The number of hydrogen-bond donors (Lipinski definition) is 0. The SMILES string of the molecule is Cc1c(F)ccc2c(-c3cccc4nn(C)cc34)nn(-c3ccc(N4CC5C(C)[C@H]5C4)nc3)c12. The molecule has 2 unspecified atom stereocenters. The molecule has 0 bridgehead atoms. The third-order valence-corrected chi connectivity index (χ3v) is 7.87. The molecule has 0 spiro atoms. The largest absolute Gasteiger partial charge is 0.356 e. The number of fused-ring (bicyclic) bond motifs is 3. The zero-order valence-electron chi connectivity index (χ0n) is 19.4. The Kier molecular flexibility index (Phi) is 3.99. The van der Waals surface area contributed by atoms with E-state index in [4.69, 9.17) is 10.1 Å². The fraction of sp³-hybridized carbons (Fsp3) is 0.296. The van der Waals surface area contributed by atoms with Crippen molar-refractivity contribution < 1.29 is 4.39 Å². The van der Waals surface area contributed by atoms with Crippen LogP contribution in [0.3, 0.4) is 0 Å². The first kappa shape index (κ1) is 19.7. The van der Waals surface area contributed by atoms with Gasteiger partial charge in [0.05, 0.1) is 22.9 Å². The number of nitrogens with zero attached hydrogens (tertiary/aromatic N) is 6. The summed E-state index contributed by atoms with van der Waals surface area (Å²) in [6, 6.07) is 13.5. The zero-order valence-corrected chi connectivity index (χ0v) is 19.4. The summed E-state index contributed by atoms with van der Waals surface area (Å²) in [5.41, 5.74) is 4.87. The molecule has 7 rings (SSSR count). The summed E-state index contributed by atoms with van der Waals surface area (Å²) in [6.07, 6.45) is 3.86. The number of halogens is 1. The molecule has 5 aromatic rings. The summed E-state index contributed by atoms with van der Waals surface area (Å²) < 4.78 is 18.3. The molecule has 3 aromatic heterocycles. The molecule has 4 heterocycles. The molecule has 34 heavy (non-hydrogen) atoms. The molecule has 1 aliphatic heterocycles. The van der Waals surface area contributed by atoms with Crippen LogP contribution in [-0.4, -0.2) is 37.6 Å². The van der Waals surface area contributed by atoms with E-state index in [-0.39, 0.29) is 5.82 Å². The molecular weight excluding hydrogens is 427 g/mol. The summed E-state index contributed by atoms with van der Waals surface area (Å²) in [5.74, 6) is 3.25. The van der Waals surface area contributed by atoms with Gasteiger partial charge in [-0.15, -0.1) is 0 Å². The molecule has 2 aliphatic rings. The number of benzene rings is 2. The number of anilines is 1. The molecule has 6 nitrogen and oxygen atoms in total. The molecule has 0 N–H and O–H groups in total. The molecule has 1 aliphatic carbocycles. The van der Waals surface area contributed by atoms with Crippen molar-refractivity contribution in [3.05, 3.63) is 66.2 Å². The Hall–Kier alpha value is -3.74. The van der Waals surface area contributed by atoms with Crippen LogP contribution in [0.25, 0.3) is 38.8 Å². The quantitative estimate of drug-likeness (QED) is 0.381. The van der Waals surface area contributed by atoms with Crippen LogP contribution in [0, 0.1) is 30.5 Å². The third-order valence-electron chi connectivity index (χ3n) is 7.87. The smallest absolute Gasteiger partial charge is 0.128 e. The molecule has 2 fully saturated rings. The van der Waals surface area contributed by atoms with Crippen molar-refractivity contribution in [2.75, 3.05) is 18.0 Å². The van der Waals surface area contributed by atoms with Gasteiger partial charge in [-0.1, -0.05) is 19.1 Å². The second-order valence-corrected chi connectivity index (χ2v) is 9.84. The third kappa shape index (κ3) is 2.76. The summed E-state index contributed by atoms with van der Waals surface area (Å²) >= 11 is 0. The van der Waals surface area contributed by atoms with Gasteiger partial charge >= 0.3 is 0 Å². The van der Waals surface area contributed by atoms with E-state index < -0.39 is 0 Å². The molecular formula is C27H25FN6. The molecule has 0 amide bonds. The highest BCUT2D eigenvalue weighted by Gasteiger charge is 2.52. The minimum Gasteiger partial charge on any atom is -0.356 e. The van der Waals surface area contributed by atoms with Crippen LogP contribution in [0.4, 0.5) is 10.2 Å². The van der Waals surface area contributed by atoms with E-state index in [2.05, 4.69) is 29.1 Å². The molecule has 7 heteroatoms. The highest BCUT2D eigenvalue weighted by molar-refractivity contribution is 6.03. The predicted molar refractivity (Wildman–Crippen MR) is 132 cm³/mol. The molecule has 1 saturated carbocycles. The highest BCUT2D eigenvalue weighted by Crippen LogP contribution is 2.51. The summed E-state index contributed by atoms with van der Waals surface area (Å²) in [4.78, 5) is 7.14. The maximum Gasteiger partial charge on any atom is 0.128 e. The van der Waals surface area contributed by atoms with E-state index in [0.29, 0.717) is 5.56 Å². The second kappa shape index (κ2) is 6.88. The summed E-state index contributed by atoms with van der Waals surface area (Å²) in [5, 5.41) is 11.5. The van der Waals surface area contributed by atoms with Gasteiger partial charge in [-0.05, 0) is 55.0 Å². The van der Waals surface area contributed by atoms with Crippen LogP contribution in [0.15, 0.2) is 54.9 Å². The minimum atomic E-state index is -0.241. The average molecular weight is 453 g/mol. The Morgan fingerprint density at radius 3 is 2.56 bits per heavy atom. The van der Waals surface area contributed by atoms with Crippen LogP contribution in [0.5, 0.6) is 0 Å². The number of piperidine rings is 1. The van der Waals surface area contributed by atoms with Crippen molar-refractivity contribution in [3.8, 4) is 16.9 Å². The maximum atomic E-state index is 14.7. The molecule has 3 atom stereocenters. The number of aromatic nitrogens is 5. The van der Waals surface area contributed by atoms with Crippen molar-refractivity contribution in [2.24, 2.45) is 24.8 Å². The van der Waals surface area contributed by atoms with Gasteiger partial charge in [-0.2, -0.15) is 10.2 Å². The van der Waals surface area contributed by atoms with Crippen LogP contribution >= 0.6 is 0 Å². The standard InChI is InChI=1S/C27H25FN6/c1-15-20-13-33(14-21(15)20)25-10-7-17(11-29-25)34-27-16(2)23(28)9-8-19(27)26(31-34)18-5-4-6-24-22(18)12-32(3)30-24/h4-12,15,20-21H,13-14H2,1-3H3/t15?,20-,21?/m1/s1. The van der Waals surface area contributed by atoms with Gasteiger partial charge in [0.25, 0.3) is 0 Å². The van der Waals surface area contributed by atoms with Crippen LogP contribution < -0.4 is 4.90 Å². The van der Waals surface area contributed by atoms with Crippen molar-refractivity contribution in [1.29, 1.82) is 0 Å². The zero-order chi connectivity index (χ0) is 23.1. The first-order valence-electron chi connectivity index (χ1n) is 11.8. The van der Waals surface area contributed by atoms with Crippen molar-refractivity contribution >= 4 is 27.6 Å². The number of pyridine rings is 1. The van der Waals surface area contributed by atoms with Crippen LogP contribution in [-0.2, 0) is 7.05 Å². The van der Waals surface area contributed by atoms with E-state index >= 15 is 0 Å². The van der Waals surface area contributed by atoms with Gasteiger partial charge < -0.3 is 4.90 Å². The Labute approximate surface area is 196 Å². The molecule has 0 radical (unpaired) electrons. The second-order valence-electron chi connectivity index (χ2n) is 9.84. The van der Waals surface area contributed by atoms with E-state index in [1.165, 1.54) is 6.07 Å². The van der Waals surface area contributed by atoms with Crippen molar-refractivity contribution in [3.63, 3.8) is 0 Å². The lowest BCUT2D eigenvalue weighted by Gasteiger charge is -2.20. The monoisotopic (exact) mass is 452 g/mol. The average Bonchev–Trinajstić information content (AvgIpc) is 3.28.